The van der Waals surface area contributed by atoms with Crippen molar-refractivity contribution in [1.82, 2.24) is 0 Å². The lowest BCUT2D eigenvalue weighted by molar-refractivity contribution is 0.00578. The predicted molar refractivity (Wildman–Crippen MR) is 193 cm³/mol. The molecule has 2 aromatic heterocycles. The van der Waals surface area contributed by atoms with Crippen LogP contribution in [0.5, 0.6) is 11.5 Å². The van der Waals surface area contributed by atoms with Crippen LogP contribution in [0.2, 0.25) is 0 Å². The number of hydrogen-bond donors (Lipinski definition) is 0. The normalized spacial score (nSPS) is 14.9. The van der Waals surface area contributed by atoms with Crippen molar-refractivity contribution in [2.24, 2.45) is 0 Å². The number of anilines is 3. The van der Waals surface area contributed by atoms with Gasteiger partial charge in [0.2, 0.25) is 0 Å². The van der Waals surface area contributed by atoms with E-state index >= 15 is 0 Å². The molecule has 3 heterocycles. The van der Waals surface area contributed by atoms with Gasteiger partial charge in [-0.3, -0.25) is 0 Å². The minimum atomic E-state index is -0.361. The second-order valence-corrected chi connectivity index (χ2v) is 14.5. The summed E-state index contributed by atoms with van der Waals surface area (Å²) in [4.78, 5) is 5.74. The summed E-state index contributed by atoms with van der Waals surface area (Å²) in [5.74, 6) is 8.47. The van der Waals surface area contributed by atoms with Crippen molar-refractivity contribution in [3.8, 4) is 33.1 Å². The Morgan fingerprint density at radius 2 is 1.15 bits per heavy atom. The molecule has 5 aromatic rings. The van der Waals surface area contributed by atoms with Crippen LogP contribution < -0.4 is 19.2 Å². The fourth-order valence-electron chi connectivity index (χ4n) is 5.28. The van der Waals surface area contributed by atoms with Crippen LogP contribution >= 0.6 is 22.7 Å². The number of nitrogens with zero attached hydrogens (tertiary/aromatic N) is 1. The van der Waals surface area contributed by atoms with Crippen LogP contribution in [0.3, 0.4) is 0 Å². The van der Waals surface area contributed by atoms with E-state index in [9.17, 15) is 0 Å². The minimum Gasteiger partial charge on any atom is -0.497 e. The lowest BCUT2D eigenvalue weighted by atomic mass is 9.87. The van der Waals surface area contributed by atoms with Crippen LogP contribution in [0.1, 0.15) is 49.3 Å². The molecule has 6 rings (SSSR count). The summed E-state index contributed by atoms with van der Waals surface area (Å²) in [7, 11) is 3.00. The van der Waals surface area contributed by atoms with Gasteiger partial charge in [-0.25, -0.2) is 0 Å². The Kier molecular flexibility index (Phi) is 8.80. The van der Waals surface area contributed by atoms with E-state index in [0.29, 0.717) is 0 Å². The Hall–Kier alpha value is -4.00. The van der Waals surface area contributed by atoms with Gasteiger partial charge >= 0.3 is 7.12 Å². The standard InChI is InChI=1S/C38H38BNO4S2/c1-25-23-34(36-26(2)24-35(46-36)39-43-37(3,4)38(5,6)44-39)45-33(25)22-11-27-9-12-28(13-10-27)40(29-14-18-31(41-7)19-15-29)30-16-20-32(42-8)21-17-30/h9-10,12-21,23-24H,1-8H3. The Labute approximate surface area is 280 Å². The van der Waals surface area contributed by atoms with E-state index < -0.39 is 0 Å². The molecule has 0 N–H and O–H groups in total. The van der Waals surface area contributed by atoms with E-state index in [2.05, 4.69) is 119 Å². The second-order valence-electron chi connectivity index (χ2n) is 12.4. The van der Waals surface area contributed by atoms with E-state index in [-0.39, 0.29) is 18.3 Å². The molecule has 46 heavy (non-hydrogen) atoms. The first-order chi connectivity index (χ1) is 22.0. The zero-order valence-corrected chi connectivity index (χ0v) is 29.2. The zero-order valence-electron chi connectivity index (χ0n) is 27.6. The van der Waals surface area contributed by atoms with Crippen molar-refractivity contribution in [3.05, 3.63) is 106 Å². The quantitative estimate of drug-likeness (QED) is 0.130. The van der Waals surface area contributed by atoms with E-state index in [1.165, 1.54) is 20.9 Å². The Bertz CT molecular complexity index is 1830. The Morgan fingerprint density at radius 3 is 1.65 bits per heavy atom. The Morgan fingerprint density at radius 1 is 0.652 bits per heavy atom. The monoisotopic (exact) mass is 647 g/mol. The van der Waals surface area contributed by atoms with E-state index in [1.807, 2.05) is 24.3 Å². The first-order valence-corrected chi connectivity index (χ1v) is 16.9. The van der Waals surface area contributed by atoms with Gasteiger partial charge in [0.15, 0.2) is 0 Å². The molecular formula is C38H38BNO4S2. The summed E-state index contributed by atoms with van der Waals surface area (Å²) >= 11 is 3.48. The van der Waals surface area contributed by atoms with Crippen LogP contribution in [-0.2, 0) is 9.31 Å². The van der Waals surface area contributed by atoms with Gasteiger partial charge in [0.1, 0.15) is 11.5 Å². The summed E-state index contributed by atoms with van der Waals surface area (Å²) in [6.45, 7) is 12.7. The molecule has 1 aliphatic rings. The van der Waals surface area contributed by atoms with Crippen molar-refractivity contribution in [1.29, 1.82) is 0 Å². The molecule has 0 aliphatic carbocycles. The molecule has 0 bridgehead atoms. The van der Waals surface area contributed by atoms with Gasteiger partial charge in [-0.1, -0.05) is 11.8 Å². The molecule has 0 atom stereocenters. The molecule has 234 valence electrons. The summed E-state index contributed by atoms with van der Waals surface area (Å²) in [5.41, 5.74) is 5.72. The third-order valence-corrected chi connectivity index (χ3v) is 11.3. The first kappa shape index (κ1) is 32.0. The molecule has 0 radical (unpaired) electrons. The van der Waals surface area contributed by atoms with Crippen LogP contribution in [0.15, 0.2) is 84.9 Å². The number of thiophene rings is 2. The van der Waals surface area contributed by atoms with E-state index in [0.717, 1.165) is 43.8 Å². The van der Waals surface area contributed by atoms with E-state index in [1.54, 1.807) is 36.9 Å². The zero-order chi connectivity index (χ0) is 32.6. The first-order valence-electron chi connectivity index (χ1n) is 15.2. The molecule has 0 unspecified atom stereocenters. The van der Waals surface area contributed by atoms with Crippen LogP contribution in [0.4, 0.5) is 17.1 Å². The molecule has 0 spiro atoms. The van der Waals surface area contributed by atoms with Gasteiger partial charge in [-0.2, -0.15) is 0 Å². The molecular weight excluding hydrogens is 609 g/mol. The fourth-order valence-corrected chi connectivity index (χ4v) is 7.60. The predicted octanol–water partition coefficient (Wildman–Crippen LogP) is 9.28. The van der Waals surface area contributed by atoms with Crippen LogP contribution in [0, 0.1) is 25.7 Å². The third-order valence-electron chi connectivity index (χ3n) is 8.67. The highest BCUT2D eigenvalue weighted by Gasteiger charge is 2.52. The maximum Gasteiger partial charge on any atom is 0.505 e. The van der Waals surface area contributed by atoms with Crippen LogP contribution in [0.25, 0.3) is 9.75 Å². The van der Waals surface area contributed by atoms with Gasteiger partial charge in [-0.15, -0.1) is 22.7 Å². The molecule has 8 heteroatoms. The lowest BCUT2D eigenvalue weighted by Crippen LogP contribution is -2.41. The Balaban J connectivity index is 1.24. The number of rotatable bonds is 7. The second kappa shape index (κ2) is 12.7. The molecule has 0 saturated carbocycles. The maximum atomic E-state index is 6.32. The molecule has 1 fully saturated rings. The van der Waals surface area contributed by atoms with Crippen molar-refractivity contribution in [3.63, 3.8) is 0 Å². The number of methoxy groups -OCH3 is 2. The minimum absolute atomic E-state index is 0.351. The molecule has 3 aromatic carbocycles. The summed E-state index contributed by atoms with van der Waals surface area (Å²) < 4.78 is 24.5. The molecule has 5 nitrogen and oxygen atoms in total. The SMILES string of the molecule is COc1ccc(N(c2ccc(C#Cc3sc(-c4sc(B5OC(C)(C)C(C)(C)O5)cc4C)cc3C)cc2)c2ccc(OC)cc2)cc1. The number of benzene rings is 3. The smallest absolute Gasteiger partial charge is 0.497 e. The van der Waals surface area contributed by atoms with Gasteiger partial charge in [0.05, 0.1) is 30.3 Å². The average Bonchev–Trinajstić information content (AvgIpc) is 3.68. The van der Waals surface area contributed by atoms with Crippen LogP contribution in [-0.4, -0.2) is 32.5 Å². The highest BCUT2D eigenvalue weighted by Crippen LogP contribution is 2.40. The molecule has 1 aliphatic heterocycles. The summed E-state index contributed by atoms with van der Waals surface area (Å²) in [6, 6.07) is 28.9. The van der Waals surface area contributed by atoms with Crippen molar-refractivity contribution >= 4 is 51.6 Å². The lowest BCUT2D eigenvalue weighted by Gasteiger charge is -2.32. The third kappa shape index (κ3) is 6.34. The topological polar surface area (TPSA) is 40.2 Å². The number of aryl methyl sites for hydroxylation is 2. The molecule has 1 saturated heterocycles. The largest absolute Gasteiger partial charge is 0.505 e. The van der Waals surface area contributed by atoms with E-state index in [4.69, 9.17) is 18.8 Å². The van der Waals surface area contributed by atoms with Gasteiger partial charge < -0.3 is 23.7 Å². The fraction of sp³-hybridized carbons (Fsp3) is 0.263. The number of hydrogen-bond acceptors (Lipinski definition) is 7. The van der Waals surface area contributed by atoms with Gasteiger partial charge in [0, 0.05) is 37.2 Å². The van der Waals surface area contributed by atoms with Crippen molar-refractivity contribution in [2.45, 2.75) is 52.7 Å². The highest BCUT2D eigenvalue weighted by atomic mass is 32.1. The summed E-state index contributed by atoms with van der Waals surface area (Å²) in [5, 5.41) is 0. The number of ether oxygens (including phenoxy) is 2. The molecule has 0 amide bonds. The maximum absolute atomic E-state index is 6.32. The van der Waals surface area contributed by atoms with Gasteiger partial charge in [0.25, 0.3) is 0 Å². The van der Waals surface area contributed by atoms with Gasteiger partial charge in [-0.05, 0) is 138 Å². The average molecular weight is 648 g/mol. The highest BCUT2D eigenvalue weighted by molar-refractivity contribution is 7.28. The van der Waals surface area contributed by atoms with Crippen molar-refractivity contribution < 1.29 is 18.8 Å². The van der Waals surface area contributed by atoms with Crippen molar-refractivity contribution in [2.75, 3.05) is 19.1 Å². The summed E-state index contributed by atoms with van der Waals surface area (Å²) in [6.07, 6.45) is 0.